The molecule has 4 aromatic rings. The van der Waals surface area contributed by atoms with Crippen molar-refractivity contribution in [3.63, 3.8) is 0 Å². The summed E-state index contributed by atoms with van der Waals surface area (Å²) in [5.74, 6) is 0.809. The van der Waals surface area contributed by atoms with E-state index in [1.54, 1.807) is 31.9 Å². The van der Waals surface area contributed by atoms with E-state index in [1.165, 1.54) is 0 Å². The number of aromatic nitrogens is 3. The predicted molar refractivity (Wildman–Crippen MR) is 94.8 cm³/mol. The van der Waals surface area contributed by atoms with E-state index in [-0.39, 0.29) is 0 Å². The second-order valence-electron chi connectivity index (χ2n) is 5.36. The summed E-state index contributed by atoms with van der Waals surface area (Å²) in [4.78, 5) is 13.2. The summed E-state index contributed by atoms with van der Waals surface area (Å²) in [6.45, 7) is 0. The van der Waals surface area contributed by atoms with Crippen LogP contribution in [0.25, 0.3) is 33.3 Å². The van der Waals surface area contributed by atoms with E-state index >= 15 is 0 Å². The molecule has 2 aromatic heterocycles. The number of pyridine rings is 1. The molecule has 0 atom stereocenters. The highest BCUT2D eigenvalue weighted by Crippen LogP contribution is 2.38. The molecule has 0 aliphatic carbocycles. The molecular weight excluding hydrogens is 298 g/mol. The van der Waals surface area contributed by atoms with Crippen molar-refractivity contribution in [3.8, 4) is 28.3 Å². The van der Waals surface area contributed by atoms with E-state index in [1.807, 2.05) is 30.3 Å². The van der Waals surface area contributed by atoms with Crippen LogP contribution in [0.15, 0.2) is 73.3 Å². The average Bonchev–Trinajstić information content (AvgIpc) is 2.67. The zero-order valence-corrected chi connectivity index (χ0v) is 13.2. The Morgan fingerprint density at radius 3 is 2.29 bits per heavy atom. The maximum atomic E-state index is 5.72. The number of methoxy groups -OCH3 is 1. The SMILES string of the molecule is COc1c(-c2nccnc2-c2ccncc2)ccc2ccccc12. The van der Waals surface area contributed by atoms with Crippen molar-refractivity contribution in [1.82, 2.24) is 15.0 Å². The Balaban J connectivity index is 1.99. The number of fused-ring (bicyclic) bond motifs is 1. The van der Waals surface area contributed by atoms with Gasteiger partial charge >= 0.3 is 0 Å². The molecule has 4 heteroatoms. The predicted octanol–water partition coefficient (Wildman–Crippen LogP) is 4.37. The van der Waals surface area contributed by atoms with E-state index in [0.29, 0.717) is 0 Å². The zero-order chi connectivity index (χ0) is 16.4. The van der Waals surface area contributed by atoms with Gasteiger partial charge in [-0.2, -0.15) is 0 Å². The lowest BCUT2D eigenvalue weighted by Gasteiger charge is -2.13. The van der Waals surface area contributed by atoms with Gasteiger partial charge in [-0.05, 0) is 23.6 Å². The Morgan fingerprint density at radius 1 is 0.750 bits per heavy atom. The maximum Gasteiger partial charge on any atom is 0.136 e. The third-order valence-corrected chi connectivity index (χ3v) is 3.99. The molecule has 0 amide bonds. The quantitative estimate of drug-likeness (QED) is 0.563. The summed E-state index contributed by atoms with van der Waals surface area (Å²) in [5.41, 5.74) is 3.51. The third-order valence-electron chi connectivity index (χ3n) is 3.99. The lowest BCUT2D eigenvalue weighted by Crippen LogP contribution is -1.96. The third kappa shape index (κ3) is 2.38. The van der Waals surface area contributed by atoms with Crippen LogP contribution in [-0.4, -0.2) is 22.1 Å². The molecule has 2 heterocycles. The number of ether oxygens (including phenoxy) is 1. The highest BCUT2D eigenvalue weighted by atomic mass is 16.5. The van der Waals surface area contributed by atoms with Crippen LogP contribution in [0.4, 0.5) is 0 Å². The molecule has 24 heavy (non-hydrogen) atoms. The number of rotatable bonds is 3. The van der Waals surface area contributed by atoms with Gasteiger partial charge in [-0.25, -0.2) is 0 Å². The van der Waals surface area contributed by atoms with Gasteiger partial charge < -0.3 is 4.74 Å². The van der Waals surface area contributed by atoms with E-state index in [0.717, 1.165) is 39.0 Å². The van der Waals surface area contributed by atoms with Gasteiger partial charge in [-0.15, -0.1) is 0 Å². The Hall–Kier alpha value is -3.27. The van der Waals surface area contributed by atoms with Gasteiger partial charge in [0.05, 0.1) is 12.8 Å². The van der Waals surface area contributed by atoms with E-state index in [2.05, 4.69) is 33.2 Å². The smallest absolute Gasteiger partial charge is 0.136 e. The summed E-state index contributed by atoms with van der Waals surface area (Å²) in [7, 11) is 1.69. The number of nitrogens with zero attached hydrogens (tertiary/aromatic N) is 3. The van der Waals surface area contributed by atoms with Gasteiger partial charge in [0.15, 0.2) is 0 Å². The molecule has 0 unspecified atom stereocenters. The molecule has 0 N–H and O–H groups in total. The first-order chi connectivity index (χ1) is 11.9. The van der Waals surface area contributed by atoms with Gasteiger partial charge in [-0.1, -0.05) is 30.3 Å². The summed E-state index contributed by atoms with van der Waals surface area (Å²) < 4.78 is 5.72. The normalized spacial score (nSPS) is 10.7. The molecule has 0 fully saturated rings. The van der Waals surface area contributed by atoms with Crippen molar-refractivity contribution in [2.45, 2.75) is 0 Å². The van der Waals surface area contributed by atoms with Crippen molar-refractivity contribution < 1.29 is 4.74 Å². The molecule has 0 saturated carbocycles. The summed E-state index contributed by atoms with van der Waals surface area (Å²) in [5, 5.41) is 2.19. The lowest BCUT2D eigenvalue weighted by atomic mass is 10.00. The fraction of sp³-hybridized carbons (Fsp3) is 0.0500. The highest BCUT2D eigenvalue weighted by Gasteiger charge is 2.16. The van der Waals surface area contributed by atoms with E-state index in [4.69, 9.17) is 4.74 Å². The van der Waals surface area contributed by atoms with Crippen LogP contribution in [0.1, 0.15) is 0 Å². The Bertz CT molecular complexity index is 1000. The van der Waals surface area contributed by atoms with Crippen LogP contribution in [-0.2, 0) is 0 Å². The summed E-state index contributed by atoms with van der Waals surface area (Å²) >= 11 is 0. The van der Waals surface area contributed by atoms with E-state index in [9.17, 15) is 0 Å². The molecule has 0 saturated heterocycles. The van der Waals surface area contributed by atoms with Gasteiger partial charge in [0.25, 0.3) is 0 Å². The minimum atomic E-state index is 0.798. The minimum absolute atomic E-state index is 0.798. The first-order valence-corrected chi connectivity index (χ1v) is 7.66. The van der Waals surface area contributed by atoms with Crippen LogP contribution < -0.4 is 4.74 Å². The molecule has 0 bridgehead atoms. The number of hydrogen-bond acceptors (Lipinski definition) is 4. The van der Waals surface area contributed by atoms with Crippen LogP contribution in [0.5, 0.6) is 5.75 Å². The molecule has 116 valence electrons. The summed E-state index contributed by atoms with van der Waals surface area (Å²) in [6.07, 6.45) is 6.91. The van der Waals surface area contributed by atoms with Crippen LogP contribution in [0.2, 0.25) is 0 Å². The van der Waals surface area contributed by atoms with E-state index < -0.39 is 0 Å². The Morgan fingerprint density at radius 2 is 1.50 bits per heavy atom. The van der Waals surface area contributed by atoms with Crippen molar-refractivity contribution in [2.75, 3.05) is 7.11 Å². The molecule has 4 rings (SSSR count). The lowest BCUT2D eigenvalue weighted by molar-refractivity contribution is 0.421. The highest BCUT2D eigenvalue weighted by molar-refractivity contribution is 5.96. The van der Waals surface area contributed by atoms with Gasteiger partial charge in [0.2, 0.25) is 0 Å². The van der Waals surface area contributed by atoms with Crippen molar-refractivity contribution in [3.05, 3.63) is 73.3 Å². The molecule has 2 aromatic carbocycles. The monoisotopic (exact) mass is 313 g/mol. The maximum absolute atomic E-state index is 5.72. The van der Waals surface area contributed by atoms with Crippen LogP contribution in [0.3, 0.4) is 0 Å². The number of benzene rings is 2. The molecule has 0 aliphatic heterocycles. The Kier molecular flexibility index (Phi) is 3.63. The van der Waals surface area contributed by atoms with Crippen molar-refractivity contribution in [1.29, 1.82) is 0 Å². The van der Waals surface area contributed by atoms with Crippen molar-refractivity contribution >= 4 is 10.8 Å². The van der Waals surface area contributed by atoms with Crippen LogP contribution in [0, 0.1) is 0 Å². The number of hydrogen-bond donors (Lipinski definition) is 0. The van der Waals surface area contributed by atoms with Gasteiger partial charge in [0.1, 0.15) is 11.4 Å². The molecule has 0 spiro atoms. The van der Waals surface area contributed by atoms with Gasteiger partial charge in [-0.3, -0.25) is 15.0 Å². The molecule has 0 aliphatic rings. The first kappa shape index (κ1) is 14.3. The Labute approximate surface area is 139 Å². The zero-order valence-electron chi connectivity index (χ0n) is 13.2. The average molecular weight is 313 g/mol. The topological polar surface area (TPSA) is 47.9 Å². The molecule has 4 nitrogen and oxygen atoms in total. The standard InChI is InChI=1S/C20H15N3O/c1-24-20-16-5-3-2-4-14(16)6-7-17(20)19-18(22-12-13-23-19)15-8-10-21-11-9-15/h2-13H,1H3. The molecule has 0 radical (unpaired) electrons. The van der Waals surface area contributed by atoms with Crippen molar-refractivity contribution in [2.24, 2.45) is 0 Å². The second-order valence-corrected chi connectivity index (χ2v) is 5.36. The second kappa shape index (κ2) is 6.08. The molecular formula is C20H15N3O. The minimum Gasteiger partial charge on any atom is -0.495 e. The fourth-order valence-corrected chi connectivity index (χ4v) is 2.91. The fourth-order valence-electron chi connectivity index (χ4n) is 2.91. The largest absolute Gasteiger partial charge is 0.495 e. The summed E-state index contributed by atoms with van der Waals surface area (Å²) in [6, 6.07) is 16.1. The first-order valence-electron chi connectivity index (χ1n) is 7.66. The van der Waals surface area contributed by atoms with Crippen LogP contribution >= 0.6 is 0 Å². The van der Waals surface area contributed by atoms with Gasteiger partial charge in [0, 0.05) is 41.3 Å².